The molecule has 0 radical (unpaired) electrons. The minimum absolute atomic E-state index is 0.0478. The summed E-state index contributed by atoms with van der Waals surface area (Å²) in [5, 5.41) is 14.2. The number of benzene rings is 3. The highest BCUT2D eigenvalue weighted by atomic mass is 16.8. The molecule has 3 saturated carbocycles. The number of allylic oxidation sites excluding steroid dienone is 1. The molecule has 10 unspecified atom stereocenters. The Labute approximate surface area is 328 Å². The van der Waals surface area contributed by atoms with Crippen LogP contribution in [-0.4, -0.2) is 77.4 Å². The van der Waals surface area contributed by atoms with Gasteiger partial charge in [0, 0.05) is 24.1 Å². The first-order valence-corrected chi connectivity index (χ1v) is 20.5. The number of fused-ring (bicyclic) bond motifs is 6. The van der Waals surface area contributed by atoms with Gasteiger partial charge in [-0.05, 0) is 67.4 Å². The second-order valence-corrected chi connectivity index (χ2v) is 18.1. The van der Waals surface area contributed by atoms with Crippen LogP contribution in [0.5, 0.6) is 0 Å². The zero-order chi connectivity index (χ0) is 38.5. The Morgan fingerprint density at radius 3 is 2.27 bits per heavy atom. The second-order valence-electron chi connectivity index (χ2n) is 18.1. The van der Waals surface area contributed by atoms with Gasteiger partial charge in [0.05, 0.1) is 24.9 Å². The predicted octanol–water partition coefficient (Wildman–Crippen LogP) is 6.06. The molecule has 10 nitrogen and oxygen atoms in total. The molecule has 10 heteroatoms. The van der Waals surface area contributed by atoms with Gasteiger partial charge in [0.1, 0.15) is 29.8 Å². The number of hydroxylamine groups is 2. The van der Waals surface area contributed by atoms with Crippen molar-refractivity contribution in [2.24, 2.45) is 22.7 Å². The van der Waals surface area contributed by atoms with Gasteiger partial charge in [-0.1, -0.05) is 110 Å². The van der Waals surface area contributed by atoms with E-state index in [0.29, 0.717) is 23.4 Å². The minimum atomic E-state index is -1.33. The number of hydrogen-bond donors (Lipinski definition) is 2. The Morgan fingerprint density at radius 2 is 1.59 bits per heavy atom. The highest BCUT2D eigenvalue weighted by molar-refractivity contribution is 5.93. The number of carbonyl (C=O) groups is 2. The number of carbonyl (C=O) groups excluding carboxylic acids is 2. The third-order valence-electron chi connectivity index (χ3n) is 14.3. The summed E-state index contributed by atoms with van der Waals surface area (Å²) in [5.41, 5.74) is 4.25. The zero-order valence-corrected chi connectivity index (χ0v) is 32.4. The van der Waals surface area contributed by atoms with Crippen LogP contribution in [0, 0.1) is 22.7 Å². The van der Waals surface area contributed by atoms with E-state index in [1.54, 1.807) is 5.06 Å². The van der Waals surface area contributed by atoms with Crippen molar-refractivity contribution in [1.29, 1.82) is 0 Å². The Balaban J connectivity index is 0.953. The maximum absolute atomic E-state index is 14.4. The number of aliphatic hydroxyl groups excluding tert-OH is 1. The second kappa shape index (κ2) is 13.3. The number of aliphatic hydroxyl groups is 1. The number of hydrogen-bond acceptors (Lipinski definition) is 9. The van der Waals surface area contributed by atoms with Crippen LogP contribution < -0.4 is 5.32 Å². The molecule has 294 valence electrons. The summed E-state index contributed by atoms with van der Waals surface area (Å²) in [4.78, 5) is 35.3. The van der Waals surface area contributed by atoms with Crippen LogP contribution in [0.2, 0.25) is 0 Å². The van der Waals surface area contributed by atoms with Gasteiger partial charge in [-0.25, -0.2) is 0 Å². The lowest BCUT2D eigenvalue weighted by molar-refractivity contribution is -0.213. The molecule has 2 bridgehead atoms. The van der Waals surface area contributed by atoms with Crippen molar-refractivity contribution < 1.29 is 38.5 Å². The van der Waals surface area contributed by atoms with Crippen molar-refractivity contribution >= 4 is 18.0 Å². The highest BCUT2D eigenvalue weighted by Gasteiger charge is 2.76. The fraction of sp³-hybridized carbons (Fsp3) is 0.522. The third-order valence-corrected chi connectivity index (χ3v) is 14.3. The average Bonchev–Trinajstić information content (AvgIpc) is 3.48. The normalized spacial score (nSPS) is 38.1. The van der Waals surface area contributed by atoms with Gasteiger partial charge in [0.25, 0.3) is 0 Å². The molecule has 10 rings (SSSR count). The summed E-state index contributed by atoms with van der Waals surface area (Å²) in [6.45, 7) is 7.19. The first-order chi connectivity index (χ1) is 27.0. The molecule has 4 saturated heterocycles. The number of amides is 1. The van der Waals surface area contributed by atoms with Gasteiger partial charge < -0.3 is 29.4 Å². The van der Waals surface area contributed by atoms with Crippen molar-refractivity contribution in [2.75, 3.05) is 13.2 Å². The molecule has 7 fully saturated rings. The van der Waals surface area contributed by atoms with Gasteiger partial charge in [-0.2, -0.15) is 5.06 Å². The smallest absolute Gasteiger partial charge is 0.327 e. The van der Waals surface area contributed by atoms with E-state index in [1.165, 1.54) is 18.4 Å². The van der Waals surface area contributed by atoms with Crippen molar-refractivity contribution in [1.82, 2.24) is 10.4 Å². The molecule has 1 amide bonds. The Morgan fingerprint density at radius 1 is 0.893 bits per heavy atom. The number of epoxide rings is 1. The molecule has 4 heterocycles. The zero-order valence-electron chi connectivity index (χ0n) is 32.4. The van der Waals surface area contributed by atoms with E-state index < -0.39 is 47.6 Å². The van der Waals surface area contributed by atoms with Crippen molar-refractivity contribution in [3.63, 3.8) is 0 Å². The molecular formula is C46H52N2O8. The van der Waals surface area contributed by atoms with Crippen molar-refractivity contribution in [3.8, 4) is 0 Å². The summed E-state index contributed by atoms with van der Waals surface area (Å²) in [7, 11) is 0. The van der Waals surface area contributed by atoms with E-state index >= 15 is 0 Å². The van der Waals surface area contributed by atoms with E-state index in [1.807, 2.05) is 60.7 Å². The molecule has 7 aliphatic rings. The van der Waals surface area contributed by atoms with Gasteiger partial charge >= 0.3 is 5.97 Å². The molecule has 0 spiro atoms. The van der Waals surface area contributed by atoms with E-state index in [-0.39, 0.29) is 37.6 Å². The SMILES string of the molecule is CC1(C)CC2C(=Cc3ccc(CN4OC5C6OC(c7ccccc7)(c7ccccc7)OC6C6CC5(C(=O)NCCO)C4C(=O)O6)cc3)CCC3OC3(C)CCC21. The van der Waals surface area contributed by atoms with Gasteiger partial charge in [-0.3, -0.25) is 14.4 Å². The first kappa shape index (κ1) is 36.4. The van der Waals surface area contributed by atoms with Crippen molar-refractivity contribution in [2.45, 2.75) is 114 Å². The van der Waals surface area contributed by atoms with E-state index in [9.17, 15) is 14.7 Å². The van der Waals surface area contributed by atoms with E-state index in [0.717, 1.165) is 41.5 Å². The van der Waals surface area contributed by atoms with Crippen LogP contribution in [0.15, 0.2) is 90.5 Å². The molecule has 10 atom stereocenters. The maximum atomic E-state index is 14.4. The number of esters is 1. The Hall–Kier alpha value is -3.90. The van der Waals surface area contributed by atoms with Crippen LogP contribution in [-0.2, 0) is 45.7 Å². The molecule has 3 aliphatic carbocycles. The number of nitrogens with one attached hydrogen (secondary N) is 1. The molecular weight excluding hydrogens is 709 g/mol. The standard InChI is InChI=1S/C46H52N2O8/c1-43(2)25-33-30(18-19-36-44(3,53-36)21-20-34(33)43)24-28-14-16-29(17-15-28)27-48-39-41(50)52-35-26-45(39,42(51)47-22-23-49)40(56-48)38-37(35)54-46(55-38,31-10-6-4-7-11-31)32-12-8-5-9-13-32/h4-17,24,33-40,49H,18-23,25-27H2,1-3H3,(H,47,51). The highest BCUT2D eigenvalue weighted by Crippen LogP contribution is 2.61. The van der Waals surface area contributed by atoms with Gasteiger partial charge in [-0.15, -0.1) is 0 Å². The summed E-state index contributed by atoms with van der Waals surface area (Å²) in [5.74, 6) is -0.945. The lowest BCUT2D eigenvalue weighted by atomic mass is 9.52. The van der Waals surface area contributed by atoms with Crippen LogP contribution in [0.3, 0.4) is 0 Å². The molecule has 56 heavy (non-hydrogen) atoms. The number of nitrogens with zero attached hydrogens (tertiary/aromatic N) is 1. The first-order valence-electron chi connectivity index (χ1n) is 20.5. The van der Waals surface area contributed by atoms with Crippen LogP contribution in [0.25, 0.3) is 6.08 Å². The number of ether oxygens (including phenoxy) is 4. The number of rotatable bonds is 8. The molecule has 0 aromatic heterocycles. The topological polar surface area (TPSA) is 119 Å². The maximum Gasteiger partial charge on any atom is 0.327 e. The summed E-state index contributed by atoms with van der Waals surface area (Å²) in [6.07, 6.45) is 5.58. The van der Waals surface area contributed by atoms with Gasteiger partial charge in [0.2, 0.25) is 11.7 Å². The molecule has 4 aliphatic heterocycles. The fourth-order valence-electron chi connectivity index (χ4n) is 11.3. The van der Waals surface area contributed by atoms with Crippen molar-refractivity contribution in [3.05, 3.63) is 113 Å². The summed E-state index contributed by atoms with van der Waals surface area (Å²) < 4.78 is 26.4. The predicted molar refractivity (Wildman–Crippen MR) is 206 cm³/mol. The third kappa shape index (κ3) is 5.66. The molecule has 3 aromatic rings. The van der Waals surface area contributed by atoms with Crippen LogP contribution in [0.4, 0.5) is 0 Å². The fourth-order valence-corrected chi connectivity index (χ4v) is 11.3. The largest absolute Gasteiger partial charge is 0.458 e. The molecule has 2 N–H and O–H groups in total. The van der Waals surface area contributed by atoms with Crippen LogP contribution in [0.1, 0.15) is 81.5 Å². The molecule has 3 aromatic carbocycles. The Bertz CT molecular complexity index is 1980. The minimum Gasteiger partial charge on any atom is -0.458 e. The van der Waals surface area contributed by atoms with Gasteiger partial charge in [0.15, 0.2) is 6.04 Å². The Kier molecular flexibility index (Phi) is 8.67. The lowest BCUT2D eigenvalue weighted by Crippen LogP contribution is -2.69. The summed E-state index contributed by atoms with van der Waals surface area (Å²) in [6, 6.07) is 26.9. The van der Waals surface area contributed by atoms with E-state index in [4.69, 9.17) is 23.8 Å². The van der Waals surface area contributed by atoms with E-state index in [2.05, 4.69) is 56.4 Å². The van der Waals surface area contributed by atoms with Crippen LogP contribution >= 0.6 is 0 Å². The lowest BCUT2D eigenvalue weighted by Gasteiger charge is -2.53. The quantitative estimate of drug-likeness (QED) is 0.209. The average molecular weight is 761 g/mol. The monoisotopic (exact) mass is 760 g/mol. The summed E-state index contributed by atoms with van der Waals surface area (Å²) >= 11 is 0.